The predicted molar refractivity (Wildman–Crippen MR) is 139 cm³/mol. The van der Waals surface area contributed by atoms with Gasteiger partial charge in [0, 0.05) is 20.0 Å². The van der Waals surface area contributed by atoms with Crippen molar-refractivity contribution in [1.82, 2.24) is 25.2 Å². The van der Waals surface area contributed by atoms with Gasteiger partial charge in [-0.05, 0) is 48.4 Å². The van der Waals surface area contributed by atoms with Crippen LogP contribution >= 0.6 is 0 Å². The van der Waals surface area contributed by atoms with Crippen LogP contribution < -0.4 is 10.2 Å². The number of amides is 2. The lowest BCUT2D eigenvalue weighted by atomic mass is 9.96. The Morgan fingerprint density at radius 1 is 1.16 bits per heavy atom. The van der Waals surface area contributed by atoms with E-state index in [1.54, 1.807) is 28.9 Å². The van der Waals surface area contributed by atoms with Gasteiger partial charge in [-0.3, -0.25) is 14.3 Å². The van der Waals surface area contributed by atoms with Gasteiger partial charge in [0.2, 0.25) is 11.8 Å². The van der Waals surface area contributed by atoms with Crippen LogP contribution in [0.25, 0.3) is 0 Å². The Labute approximate surface area is 220 Å². The quantitative estimate of drug-likeness (QED) is 0.465. The highest BCUT2D eigenvalue weighted by atomic mass is 19.1. The normalized spacial score (nSPS) is 19.8. The smallest absolute Gasteiger partial charge is 0.243 e. The Hall–Kier alpha value is -3.82. The van der Waals surface area contributed by atoms with Gasteiger partial charge in [-0.25, -0.2) is 8.78 Å². The number of halogens is 2. The summed E-state index contributed by atoms with van der Waals surface area (Å²) in [5, 5.41) is 11.0. The summed E-state index contributed by atoms with van der Waals surface area (Å²) in [7, 11) is 1.70. The molecule has 2 amide bonds. The number of nitrogens with zero attached hydrogens (tertiary/aromatic N) is 5. The van der Waals surface area contributed by atoms with Crippen molar-refractivity contribution in [3.05, 3.63) is 77.2 Å². The highest BCUT2D eigenvalue weighted by molar-refractivity contribution is 5.90. The van der Waals surface area contributed by atoms with E-state index in [-0.39, 0.29) is 37.2 Å². The Bertz CT molecular complexity index is 1300. The minimum Gasteiger partial charge on any atom is -0.348 e. The van der Waals surface area contributed by atoms with E-state index in [0.29, 0.717) is 23.5 Å². The predicted octanol–water partition coefficient (Wildman–Crippen LogP) is 3.60. The van der Waals surface area contributed by atoms with Crippen LogP contribution in [0.1, 0.15) is 54.8 Å². The molecule has 1 N–H and O–H groups in total. The van der Waals surface area contributed by atoms with Gasteiger partial charge < -0.3 is 15.1 Å². The second-order valence-electron chi connectivity index (χ2n) is 10.1. The first-order valence-corrected chi connectivity index (χ1v) is 13.0. The van der Waals surface area contributed by atoms with Gasteiger partial charge in [0.15, 0.2) is 5.82 Å². The molecule has 8 nitrogen and oxygen atoms in total. The molecule has 38 heavy (non-hydrogen) atoms. The molecule has 200 valence electrons. The summed E-state index contributed by atoms with van der Waals surface area (Å²) >= 11 is 0. The van der Waals surface area contributed by atoms with Crippen molar-refractivity contribution in [2.24, 2.45) is 0 Å². The van der Waals surface area contributed by atoms with Crippen LogP contribution in [0.5, 0.6) is 0 Å². The average Bonchev–Trinajstić information content (AvgIpc) is 3.49. The molecule has 2 fully saturated rings. The molecule has 10 heteroatoms. The van der Waals surface area contributed by atoms with Crippen LogP contribution in [0.2, 0.25) is 0 Å². The molecule has 1 aromatic heterocycles. The number of anilines is 1. The van der Waals surface area contributed by atoms with Crippen molar-refractivity contribution in [3.63, 3.8) is 0 Å². The maximum absolute atomic E-state index is 14.9. The number of alkyl halides is 1. The summed E-state index contributed by atoms with van der Waals surface area (Å²) in [6.45, 7) is 2.33. The number of hydrogen-bond donors (Lipinski definition) is 1. The molecule has 1 saturated carbocycles. The number of carbonyl (C=O) groups is 2. The van der Waals surface area contributed by atoms with Crippen molar-refractivity contribution in [1.29, 1.82) is 0 Å². The van der Waals surface area contributed by atoms with E-state index in [0.717, 1.165) is 18.4 Å². The fourth-order valence-electron chi connectivity index (χ4n) is 4.99. The van der Waals surface area contributed by atoms with E-state index in [2.05, 4.69) is 15.6 Å². The van der Waals surface area contributed by atoms with Crippen molar-refractivity contribution in [2.75, 3.05) is 25.0 Å². The largest absolute Gasteiger partial charge is 0.348 e. The van der Waals surface area contributed by atoms with Crippen LogP contribution in [-0.2, 0) is 16.1 Å². The number of hydrogen-bond acceptors (Lipinski definition) is 5. The fourth-order valence-corrected chi connectivity index (χ4v) is 4.99. The minimum absolute atomic E-state index is 0.0745. The number of likely N-dealkylation sites (tertiary alicyclic amines) is 1. The summed E-state index contributed by atoms with van der Waals surface area (Å²) in [5.41, 5.74) is 2.06. The third-order valence-electron chi connectivity index (χ3n) is 7.28. The maximum atomic E-state index is 14.9. The zero-order valence-corrected chi connectivity index (χ0v) is 21.6. The summed E-state index contributed by atoms with van der Waals surface area (Å²) in [6.07, 6.45) is 2.28. The lowest BCUT2D eigenvalue weighted by Crippen LogP contribution is -2.49. The van der Waals surface area contributed by atoms with Gasteiger partial charge in [0.1, 0.15) is 18.0 Å². The van der Waals surface area contributed by atoms with Crippen molar-refractivity contribution < 1.29 is 18.4 Å². The number of aromatic nitrogens is 3. The summed E-state index contributed by atoms with van der Waals surface area (Å²) in [6, 6.07) is 12.7. The van der Waals surface area contributed by atoms with Crippen molar-refractivity contribution in [3.8, 4) is 0 Å². The molecule has 0 unspecified atom stereocenters. The Balaban J connectivity index is 1.34. The van der Waals surface area contributed by atoms with Crippen LogP contribution in [0.4, 0.5) is 14.6 Å². The Kier molecular flexibility index (Phi) is 7.40. The first kappa shape index (κ1) is 25.8. The van der Waals surface area contributed by atoms with Crippen LogP contribution in [0.3, 0.4) is 0 Å². The van der Waals surface area contributed by atoms with Gasteiger partial charge >= 0.3 is 0 Å². The molecular weight excluding hydrogens is 490 g/mol. The molecule has 5 rings (SSSR count). The number of likely N-dealkylation sites (N-methyl/N-ethyl adjacent to an activating group) is 1. The maximum Gasteiger partial charge on any atom is 0.243 e. The lowest BCUT2D eigenvalue weighted by Gasteiger charge is -2.28. The molecule has 1 aliphatic heterocycles. The molecule has 0 bridgehead atoms. The van der Waals surface area contributed by atoms with E-state index >= 15 is 0 Å². The van der Waals surface area contributed by atoms with E-state index in [1.165, 1.54) is 11.0 Å². The summed E-state index contributed by atoms with van der Waals surface area (Å²) in [5.74, 6) is -0.366. The highest BCUT2D eigenvalue weighted by Gasteiger charge is 2.41. The number of nitrogens with one attached hydrogen (secondary N) is 1. The van der Waals surface area contributed by atoms with Gasteiger partial charge in [-0.15, -0.1) is 5.10 Å². The SMILES string of the molecule is CCn1cc(N(C)CC(=O)N2C[C@H](F)C[C@H]2C(=O)N[C@@H](c2ccccc2)c2ccc(C3CC3)c(F)c2)nn1. The molecule has 1 saturated heterocycles. The third-order valence-corrected chi connectivity index (χ3v) is 7.28. The zero-order chi connectivity index (χ0) is 26.8. The van der Waals surface area contributed by atoms with E-state index in [9.17, 15) is 18.4 Å². The van der Waals surface area contributed by atoms with Crippen molar-refractivity contribution in [2.45, 2.75) is 56.9 Å². The summed E-state index contributed by atoms with van der Waals surface area (Å²) < 4.78 is 31.1. The standard InChI is InChI=1S/C28H32F2N6O2/c1-3-35-16-25(32-33-35)34(2)17-26(37)36-15-21(29)14-24(36)28(38)31-27(19-7-5-4-6-8-19)20-11-12-22(18-9-10-18)23(30)13-20/h4-8,11-13,16,18,21,24,27H,3,9-10,14-15,17H2,1-2H3,(H,31,38)/t21-,24+,27+/m1/s1. The molecule has 3 aromatic rings. The minimum atomic E-state index is -1.31. The first-order valence-electron chi connectivity index (χ1n) is 13.0. The first-order chi connectivity index (χ1) is 18.3. The van der Waals surface area contributed by atoms with E-state index < -0.39 is 24.2 Å². The monoisotopic (exact) mass is 522 g/mol. The molecule has 2 heterocycles. The van der Waals surface area contributed by atoms with E-state index in [4.69, 9.17) is 0 Å². The van der Waals surface area contributed by atoms with Crippen molar-refractivity contribution >= 4 is 17.6 Å². The van der Waals surface area contributed by atoms with Gasteiger partial charge in [-0.2, -0.15) is 0 Å². The zero-order valence-electron chi connectivity index (χ0n) is 21.6. The van der Waals surface area contributed by atoms with Crippen LogP contribution in [0.15, 0.2) is 54.7 Å². The fraction of sp³-hybridized carbons (Fsp3) is 0.429. The summed E-state index contributed by atoms with van der Waals surface area (Å²) in [4.78, 5) is 29.6. The number of benzene rings is 2. The second kappa shape index (κ2) is 10.9. The number of carbonyl (C=O) groups excluding carboxylic acids is 2. The molecular formula is C28H32F2N6O2. The number of aryl methyl sites for hydroxylation is 1. The van der Waals surface area contributed by atoms with Gasteiger partial charge in [0.25, 0.3) is 0 Å². The molecule has 2 aliphatic rings. The molecule has 0 spiro atoms. The molecule has 2 aromatic carbocycles. The van der Waals surface area contributed by atoms with Crippen LogP contribution in [-0.4, -0.2) is 64.1 Å². The number of rotatable bonds is 9. The molecule has 3 atom stereocenters. The Morgan fingerprint density at radius 2 is 1.92 bits per heavy atom. The topological polar surface area (TPSA) is 83.4 Å². The third kappa shape index (κ3) is 5.54. The molecule has 1 aliphatic carbocycles. The van der Waals surface area contributed by atoms with E-state index in [1.807, 2.05) is 43.3 Å². The second-order valence-corrected chi connectivity index (χ2v) is 10.1. The Morgan fingerprint density at radius 3 is 2.58 bits per heavy atom. The lowest BCUT2D eigenvalue weighted by molar-refractivity contribution is -0.137. The van der Waals surface area contributed by atoms with Gasteiger partial charge in [0.05, 0.1) is 25.3 Å². The molecule has 0 radical (unpaired) electrons. The van der Waals surface area contributed by atoms with Gasteiger partial charge in [-0.1, -0.05) is 47.7 Å². The average molecular weight is 523 g/mol. The van der Waals surface area contributed by atoms with Crippen LogP contribution in [0, 0.1) is 5.82 Å². The highest BCUT2D eigenvalue weighted by Crippen LogP contribution is 2.42.